The van der Waals surface area contributed by atoms with E-state index in [2.05, 4.69) is 4.98 Å². The molecular formula is C9H16ClN3O3S. The lowest BCUT2D eigenvalue weighted by molar-refractivity contribution is 0.192. The average molecular weight is 282 g/mol. The predicted octanol–water partition coefficient (Wildman–Crippen LogP) is 0.294. The maximum Gasteiger partial charge on any atom is 0.261 e. The van der Waals surface area contributed by atoms with Crippen molar-refractivity contribution in [1.82, 2.24) is 13.9 Å². The molecule has 0 bridgehead atoms. The maximum atomic E-state index is 12.0. The van der Waals surface area contributed by atoms with E-state index in [-0.39, 0.29) is 16.9 Å². The second kappa shape index (κ2) is 5.81. The number of methoxy groups -OCH3 is 1. The molecule has 0 aliphatic rings. The molecule has 1 aromatic heterocycles. The van der Waals surface area contributed by atoms with Crippen LogP contribution in [-0.2, 0) is 21.8 Å². The van der Waals surface area contributed by atoms with Crippen molar-refractivity contribution in [3.63, 3.8) is 0 Å². The minimum absolute atomic E-state index is 0.0174. The molecule has 98 valence electrons. The molecule has 0 aromatic carbocycles. The molecule has 0 amide bonds. The Balaban J connectivity index is 2.77. The molecule has 0 fully saturated rings. The van der Waals surface area contributed by atoms with E-state index in [1.807, 2.05) is 0 Å². The van der Waals surface area contributed by atoms with Gasteiger partial charge in [-0.25, -0.2) is 13.4 Å². The Morgan fingerprint density at radius 3 is 2.76 bits per heavy atom. The first-order chi connectivity index (χ1) is 7.87. The van der Waals surface area contributed by atoms with Gasteiger partial charge in [0, 0.05) is 33.9 Å². The highest BCUT2D eigenvalue weighted by Crippen LogP contribution is 2.12. The molecule has 0 aliphatic heterocycles. The Morgan fingerprint density at radius 1 is 1.65 bits per heavy atom. The van der Waals surface area contributed by atoms with Crippen LogP contribution in [0.15, 0.2) is 17.6 Å². The molecule has 0 saturated carbocycles. The number of aromatic nitrogens is 2. The van der Waals surface area contributed by atoms with Crippen LogP contribution in [0.4, 0.5) is 0 Å². The normalized spacial score (nSPS) is 14.2. The number of alkyl halides is 1. The van der Waals surface area contributed by atoms with Gasteiger partial charge in [-0.1, -0.05) is 0 Å². The number of hydrogen-bond donors (Lipinski definition) is 0. The van der Waals surface area contributed by atoms with Gasteiger partial charge in [0.2, 0.25) is 0 Å². The van der Waals surface area contributed by atoms with Crippen molar-refractivity contribution in [3.8, 4) is 0 Å². The number of rotatable bonds is 6. The van der Waals surface area contributed by atoms with Crippen LogP contribution in [0.1, 0.15) is 0 Å². The van der Waals surface area contributed by atoms with E-state index in [1.54, 1.807) is 11.6 Å². The Bertz CT molecular complexity index is 460. The lowest BCUT2D eigenvalue weighted by Crippen LogP contribution is -2.34. The Hall–Kier alpha value is -0.630. The first-order valence-corrected chi connectivity index (χ1v) is 6.83. The smallest absolute Gasteiger partial charge is 0.261 e. The number of hydrogen-bond acceptors (Lipinski definition) is 4. The predicted molar refractivity (Wildman–Crippen MR) is 64.5 cm³/mol. The summed E-state index contributed by atoms with van der Waals surface area (Å²) in [6.45, 7) is 0.470. The fourth-order valence-electron chi connectivity index (χ4n) is 1.29. The standard InChI is InChI=1S/C9H16ClN3O3S/c1-12-5-9(11-7-12)17(14,15)13(2)4-8(10)6-16-3/h5,7-8H,4,6H2,1-3H3. The van der Waals surface area contributed by atoms with Gasteiger partial charge in [-0.2, -0.15) is 4.31 Å². The van der Waals surface area contributed by atoms with Crippen molar-refractivity contribution in [1.29, 1.82) is 0 Å². The second-order valence-electron chi connectivity index (χ2n) is 3.72. The van der Waals surface area contributed by atoms with Gasteiger partial charge < -0.3 is 9.30 Å². The van der Waals surface area contributed by atoms with Crippen LogP contribution in [-0.4, -0.2) is 55.0 Å². The number of ether oxygens (including phenoxy) is 1. The molecule has 1 rings (SSSR count). The summed E-state index contributed by atoms with van der Waals surface area (Å²) in [6.07, 6.45) is 2.89. The van der Waals surface area contributed by atoms with Gasteiger partial charge in [0.15, 0.2) is 5.03 Å². The van der Waals surface area contributed by atoms with E-state index in [4.69, 9.17) is 16.3 Å². The molecule has 0 saturated heterocycles. The minimum atomic E-state index is -3.57. The zero-order valence-electron chi connectivity index (χ0n) is 10.00. The Kier molecular flexibility index (Phi) is 4.93. The van der Waals surface area contributed by atoms with Crippen LogP contribution >= 0.6 is 11.6 Å². The van der Waals surface area contributed by atoms with Gasteiger partial charge in [-0.3, -0.25) is 0 Å². The lowest BCUT2D eigenvalue weighted by atomic mass is 10.4. The lowest BCUT2D eigenvalue weighted by Gasteiger charge is -2.18. The summed E-state index contributed by atoms with van der Waals surface area (Å²) in [5.74, 6) is 0. The van der Waals surface area contributed by atoms with Crippen LogP contribution < -0.4 is 0 Å². The van der Waals surface area contributed by atoms with Crippen molar-refractivity contribution >= 4 is 21.6 Å². The van der Waals surface area contributed by atoms with Crippen molar-refractivity contribution in [2.24, 2.45) is 7.05 Å². The molecule has 0 N–H and O–H groups in total. The van der Waals surface area contributed by atoms with Crippen molar-refractivity contribution in [2.75, 3.05) is 27.3 Å². The van der Waals surface area contributed by atoms with Gasteiger partial charge in [-0.05, 0) is 0 Å². The van der Waals surface area contributed by atoms with Crippen molar-refractivity contribution in [2.45, 2.75) is 10.4 Å². The molecular weight excluding hydrogens is 266 g/mol. The van der Waals surface area contributed by atoms with E-state index in [0.717, 1.165) is 0 Å². The topological polar surface area (TPSA) is 64.4 Å². The second-order valence-corrected chi connectivity index (χ2v) is 6.32. The van der Waals surface area contributed by atoms with Gasteiger partial charge in [0.25, 0.3) is 10.0 Å². The number of nitrogens with zero attached hydrogens (tertiary/aromatic N) is 3. The monoisotopic (exact) mass is 281 g/mol. The summed E-state index contributed by atoms with van der Waals surface area (Å²) in [4.78, 5) is 3.82. The quantitative estimate of drug-likeness (QED) is 0.703. The number of aryl methyl sites for hydroxylation is 1. The number of sulfonamides is 1. The van der Waals surface area contributed by atoms with Crippen LogP contribution in [0.25, 0.3) is 0 Å². The first kappa shape index (κ1) is 14.4. The summed E-state index contributed by atoms with van der Waals surface area (Å²) in [5.41, 5.74) is 0. The van der Waals surface area contributed by atoms with E-state index >= 15 is 0 Å². The molecule has 17 heavy (non-hydrogen) atoms. The van der Waals surface area contributed by atoms with Crippen LogP contribution in [0.5, 0.6) is 0 Å². The highest BCUT2D eigenvalue weighted by atomic mass is 35.5. The zero-order chi connectivity index (χ0) is 13.1. The van der Waals surface area contributed by atoms with Gasteiger partial charge in [-0.15, -0.1) is 11.6 Å². The van der Waals surface area contributed by atoms with Gasteiger partial charge in [0.05, 0.1) is 18.3 Å². The highest BCUT2D eigenvalue weighted by Gasteiger charge is 2.25. The molecule has 0 aliphatic carbocycles. The first-order valence-electron chi connectivity index (χ1n) is 4.95. The Labute approximate surface area is 106 Å². The molecule has 0 radical (unpaired) electrons. The summed E-state index contributed by atoms with van der Waals surface area (Å²) in [5, 5.41) is -0.368. The zero-order valence-corrected chi connectivity index (χ0v) is 11.6. The van der Waals surface area contributed by atoms with Crippen LogP contribution in [0.3, 0.4) is 0 Å². The van der Waals surface area contributed by atoms with Crippen molar-refractivity contribution in [3.05, 3.63) is 12.5 Å². The SMILES string of the molecule is COCC(Cl)CN(C)S(=O)(=O)c1cn(C)cn1. The fourth-order valence-corrected chi connectivity index (χ4v) is 2.88. The number of halogens is 1. The molecule has 1 atom stereocenters. The highest BCUT2D eigenvalue weighted by molar-refractivity contribution is 7.89. The molecule has 1 heterocycles. The van der Waals surface area contributed by atoms with E-state index < -0.39 is 10.0 Å². The molecule has 1 aromatic rings. The minimum Gasteiger partial charge on any atom is -0.383 e. The third-order valence-corrected chi connectivity index (χ3v) is 4.13. The molecule has 1 unspecified atom stereocenters. The average Bonchev–Trinajstić information content (AvgIpc) is 2.65. The number of imidazole rings is 1. The van der Waals surface area contributed by atoms with Crippen LogP contribution in [0.2, 0.25) is 0 Å². The molecule has 8 heteroatoms. The summed E-state index contributed by atoms with van der Waals surface area (Å²) < 4.78 is 31.7. The maximum absolute atomic E-state index is 12.0. The molecule has 0 spiro atoms. The van der Waals surface area contributed by atoms with Crippen LogP contribution in [0, 0.1) is 0 Å². The van der Waals surface area contributed by atoms with E-state index in [1.165, 1.54) is 31.0 Å². The van der Waals surface area contributed by atoms with Gasteiger partial charge >= 0.3 is 0 Å². The summed E-state index contributed by atoms with van der Waals surface area (Å²) in [7, 11) is 1.12. The summed E-state index contributed by atoms with van der Waals surface area (Å²) >= 11 is 5.92. The van der Waals surface area contributed by atoms with E-state index in [9.17, 15) is 8.42 Å². The Morgan fingerprint density at radius 2 is 2.29 bits per heavy atom. The fraction of sp³-hybridized carbons (Fsp3) is 0.667. The van der Waals surface area contributed by atoms with Crippen molar-refractivity contribution < 1.29 is 13.2 Å². The third kappa shape index (κ3) is 3.67. The third-order valence-electron chi connectivity index (χ3n) is 2.16. The summed E-state index contributed by atoms with van der Waals surface area (Å²) in [6, 6.07) is 0. The van der Waals surface area contributed by atoms with Gasteiger partial charge in [0.1, 0.15) is 0 Å². The van der Waals surface area contributed by atoms with E-state index in [0.29, 0.717) is 6.61 Å². The molecule has 6 nitrogen and oxygen atoms in total. The largest absolute Gasteiger partial charge is 0.383 e.